The maximum Gasteiger partial charge on any atom is 0.257 e. The molecule has 0 aliphatic carbocycles. The van der Waals surface area contributed by atoms with E-state index in [4.69, 9.17) is 40.6 Å². The predicted molar refractivity (Wildman–Crippen MR) is 83.7 cm³/mol. The van der Waals surface area contributed by atoms with Gasteiger partial charge in [0.25, 0.3) is 5.91 Å². The second kappa shape index (κ2) is 6.33. The zero-order valence-corrected chi connectivity index (χ0v) is 12.4. The Morgan fingerprint density at radius 1 is 0.950 bits per heavy atom. The van der Waals surface area contributed by atoms with Crippen LogP contribution in [0.4, 0.5) is 11.4 Å². The van der Waals surface area contributed by atoms with Gasteiger partial charge in [-0.3, -0.25) is 10.6 Å². The van der Waals surface area contributed by atoms with E-state index in [0.29, 0.717) is 32.0 Å². The average molecular weight is 331 g/mol. The van der Waals surface area contributed by atoms with Crippen LogP contribution in [0.1, 0.15) is 10.4 Å². The molecule has 0 saturated heterocycles. The Morgan fingerprint density at radius 3 is 2.15 bits per heavy atom. The number of rotatable bonds is 3. The highest BCUT2D eigenvalue weighted by atomic mass is 35.5. The van der Waals surface area contributed by atoms with E-state index in [9.17, 15) is 4.79 Å². The van der Waals surface area contributed by atoms with E-state index in [2.05, 4.69) is 10.7 Å². The Morgan fingerprint density at radius 2 is 1.55 bits per heavy atom. The van der Waals surface area contributed by atoms with Crippen LogP contribution in [-0.4, -0.2) is 5.91 Å². The number of nitrogens with two attached hydrogens (primary N) is 1. The molecule has 0 aliphatic heterocycles. The molecule has 0 spiro atoms. The van der Waals surface area contributed by atoms with Crippen LogP contribution < -0.4 is 16.6 Å². The maximum absolute atomic E-state index is 12.2. The number of hydrogen-bond acceptors (Lipinski definition) is 3. The zero-order chi connectivity index (χ0) is 14.7. The molecule has 0 bridgehead atoms. The summed E-state index contributed by atoms with van der Waals surface area (Å²) in [5.41, 5.74) is 3.65. The van der Waals surface area contributed by atoms with Crippen molar-refractivity contribution in [1.29, 1.82) is 0 Å². The maximum atomic E-state index is 12.2. The van der Waals surface area contributed by atoms with Crippen molar-refractivity contribution in [1.82, 2.24) is 0 Å². The molecule has 0 aromatic heterocycles. The van der Waals surface area contributed by atoms with Crippen LogP contribution in [0.2, 0.25) is 15.1 Å². The van der Waals surface area contributed by atoms with Crippen molar-refractivity contribution < 1.29 is 4.79 Å². The van der Waals surface area contributed by atoms with Gasteiger partial charge >= 0.3 is 0 Å². The molecule has 0 heterocycles. The summed E-state index contributed by atoms with van der Waals surface area (Å²) >= 11 is 17.7. The first kappa shape index (κ1) is 14.9. The smallest absolute Gasteiger partial charge is 0.257 e. The molecule has 0 atom stereocenters. The second-order valence-corrected chi connectivity index (χ2v) is 5.19. The van der Waals surface area contributed by atoms with Crippen LogP contribution in [0.25, 0.3) is 0 Å². The highest BCUT2D eigenvalue weighted by Crippen LogP contribution is 2.27. The van der Waals surface area contributed by atoms with Gasteiger partial charge in [0.1, 0.15) is 0 Å². The number of anilines is 2. The molecule has 4 N–H and O–H groups in total. The molecule has 0 aliphatic rings. The summed E-state index contributed by atoms with van der Waals surface area (Å²) in [6, 6.07) is 9.53. The van der Waals surface area contributed by atoms with Gasteiger partial charge in [-0.25, -0.2) is 0 Å². The van der Waals surface area contributed by atoms with E-state index in [1.54, 1.807) is 30.3 Å². The summed E-state index contributed by atoms with van der Waals surface area (Å²) < 4.78 is 0. The van der Waals surface area contributed by atoms with Crippen molar-refractivity contribution in [2.45, 2.75) is 0 Å². The van der Waals surface area contributed by atoms with Crippen LogP contribution in [-0.2, 0) is 0 Å². The van der Waals surface area contributed by atoms with Gasteiger partial charge in [0, 0.05) is 10.0 Å². The Hall–Kier alpha value is -1.46. The fourth-order valence-electron chi connectivity index (χ4n) is 1.61. The van der Waals surface area contributed by atoms with Gasteiger partial charge in [0.05, 0.1) is 22.0 Å². The van der Waals surface area contributed by atoms with E-state index < -0.39 is 0 Å². The molecule has 7 heteroatoms. The number of carbonyl (C=O) groups excluding carboxylic acids is 1. The number of halogens is 3. The number of amides is 1. The summed E-state index contributed by atoms with van der Waals surface area (Å²) in [5, 5.41) is 3.93. The van der Waals surface area contributed by atoms with Crippen molar-refractivity contribution in [3.63, 3.8) is 0 Å². The second-order valence-electron chi connectivity index (χ2n) is 3.91. The van der Waals surface area contributed by atoms with E-state index >= 15 is 0 Å². The number of nitrogens with one attached hydrogen (secondary N) is 2. The van der Waals surface area contributed by atoms with E-state index in [1.807, 2.05) is 0 Å². The van der Waals surface area contributed by atoms with Gasteiger partial charge in [0.2, 0.25) is 0 Å². The van der Waals surface area contributed by atoms with E-state index in [-0.39, 0.29) is 5.91 Å². The number of benzene rings is 2. The van der Waals surface area contributed by atoms with Gasteiger partial charge in [-0.15, -0.1) is 0 Å². The van der Waals surface area contributed by atoms with E-state index in [0.717, 1.165) is 0 Å². The van der Waals surface area contributed by atoms with Gasteiger partial charge in [0.15, 0.2) is 0 Å². The SMILES string of the molecule is NNc1ccc(Cl)cc1C(=O)Nc1ccc(Cl)cc1Cl. The quantitative estimate of drug-likeness (QED) is 0.584. The molecule has 1 amide bonds. The molecule has 0 saturated carbocycles. The summed E-state index contributed by atoms with van der Waals surface area (Å²) in [7, 11) is 0. The van der Waals surface area contributed by atoms with Gasteiger partial charge in [-0.05, 0) is 36.4 Å². The van der Waals surface area contributed by atoms with Crippen molar-refractivity contribution in [3.8, 4) is 0 Å². The lowest BCUT2D eigenvalue weighted by molar-refractivity contribution is 0.102. The predicted octanol–water partition coefficient (Wildman–Crippen LogP) is 4.18. The average Bonchev–Trinajstić information content (AvgIpc) is 2.41. The zero-order valence-electron chi connectivity index (χ0n) is 10.1. The monoisotopic (exact) mass is 329 g/mol. The Kier molecular flexibility index (Phi) is 4.73. The highest BCUT2D eigenvalue weighted by molar-refractivity contribution is 6.37. The Balaban J connectivity index is 2.30. The standard InChI is InChI=1S/C13H10Cl3N3O/c14-7-1-3-11(19-17)9(5-7)13(20)18-12-4-2-8(15)6-10(12)16/h1-6,19H,17H2,(H,18,20). The van der Waals surface area contributed by atoms with Crippen molar-refractivity contribution in [2.75, 3.05) is 10.7 Å². The molecule has 0 radical (unpaired) electrons. The third-order valence-electron chi connectivity index (χ3n) is 2.56. The third-order valence-corrected chi connectivity index (χ3v) is 3.34. The van der Waals surface area contributed by atoms with Crippen molar-refractivity contribution >= 4 is 52.1 Å². The third kappa shape index (κ3) is 3.35. The molecule has 2 rings (SSSR count). The van der Waals surface area contributed by atoms with Gasteiger partial charge < -0.3 is 10.7 Å². The summed E-state index contributed by atoms with van der Waals surface area (Å²) in [6.07, 6.45) is 0. The first-order valence-electron chi connectivity index (χ1n) is 5.54. The fraction of sp³-hybridized carbons (Fsp3) is 0. The molecule has 0 unspecified atom stereocenters. The van der Waals surface area contributed by atoms with Crippen molar-refractivity contribution in [3.05, 3.63) is 57.0 Å². The lowest BCUT2D eigenvalue weighted by Gasteiger charge is -2.11. The van der Waals surface area contributed by atoms with Crippen LogP contribution in [0.3, 0.4) is 0 Å². The number of hydrazine groups is 1. The van der Waals surface area contributed by atoms with Gasteiger partial charge in [-0.2, -0.15) is 0 Å². The molecular weight excluding hydrogens is 321 g/mol. The number of hydrogen-bond donors (Lipinski definition) is 3. The molecule has 0 fully saturated rings. The van der Waals surface area contributed by atoms with E-state index in [1.165, 1.54) is 6.07 Å². The molecule has 4 nitrogen and oxygen atoms in total. The largest absolute Gasteiger partial charge is 0.323 e. The lowest BCUT2D eigenvalue weighted by atomic mass is 10.1. The van der Waals surface area contributed by atoms with Gasteiger partial charge in [-0.1, -0.05) is 34.8 Å². The van der Waals surface area contributed by atoms with Crippen LogP contribution in [0.5, 0.6) is 0 Å². The minimum atomic E-state index is -0.385. The summed E-state index contributed by atoms with van der Waals surface area (Å²) in [4.78, 5) is 12.2. The number of nitrogen functional groups attached to an aromatic ring is 1. The minimum Gasteiger partial charge on any atom is -0.323 e. The van der Waals surface area contributed by atoms with Crippen LogP contribution in [0, 0.1) is 0 Å². The fourth-order valence-corrected chi connectivity index (χ4v) is 2.24. The summed E-state index contributed by atoms with van der Waals surface area (Å²) in [6.45, 7) is 0. The summed E-state index contributed by atoms with van der Waals surface area (Å²) in [5.74, 6) is 4.98. The minimum absolute atomic E-state index is 0.311. The highest BCUT2D eigenvalue weighted by Gasteiger charge is 2.13. The Bertz CT molecular complexity index is 661. The van der Waals surface area contributed by atoms with Crippen molar-refractivity contribution in [2.24, 2.45) is 5.84 Å². The molecule has 20 heavy (non-hydrogen) atoms. The molecule has 2 aromatic carbocycles. The topological polar surface area (TPSA) is 67.1 Å². The van der Waals surface area contributed by atoms with Crippen LogP contribution in [0.15, 0.2) is 36.4 Å². The Labute approximate surface area is 130 Å². The first-order chi connectivity index (χ1) is 9.51. The first-order valence-corrected chi connectivity index (χ1v) is 6.67. The molecule has 104 valence electrons. The van der Waals surface area contributed by atoms with Crippen LogP contribution >= 0.6 is 34.8 Å². The molecular formula is C13H10Cl3N3O. The lowest BCUT2D eigenvalue weighted by Crippen LogP contribution is -2.17. The number of carbonyl (C=O) groups is 1. The normalized spacial score (nSPS) is 10.2. The molecule has 2 aromatic rings.